The van der Waals surface area contributed by atoms with Crippen LogP contribution in [0, 0.1) is 40.4 Å². The Labute approximate surface area is 173 Å². The number of halogens is 1. The van der Waals surface area contributed by atoms with Gasteiger partial charge in [0.15, 0.2) is 0 Å². The number of rotatable bonds is 4. The molecule has 0 aromatic carbocycles. The number of hydrogen-bond donors (Lipinski definition) is 1. The lowest BCUT2D eigenvalue weighted by Gasteiger charge is -2.62. The van der Waals surface area contributed by atoms with Crippen LogP contribution in [-0.4, -0.2) is 35.5 Å². The second kappa shape index (κ2) is 7.09. The zero-order chi connectivity index (χ0) is 19.4. The second-order valence-electron chi connectivity index (χ2n) is 10.8. The summed E-state index contributed by atoms with van der Waals surface area (Å²) in [5, 5.41) is 11.5. The van der Waals surface area contributed by atoms with Crippen molar-refractivity contribution in [3.8, 4) is 0 Å². The van der Waals surface area contributed by atoms with Crippen LogP contribution in [0.15, 0.2) is 0 Å². The molecule has 4 rings (SSSR count). The molecule has 4 aliphatic rings. The fourth-order valence-electron chi connectivity index (χ4n) is 8.34. The number of hydrogen-bond acceptors (Lipinski definition) is 3. The van der Waals surface area contributed by atoms with E-state index in [0.717, 1.165) is 43.4 Å². The minimum absolute atomic E-state index is 0.223. The van der Waals surface area contributed by atoms with Gasteiger partial charge in [-0.3, -0.25) is 4.79 Å². The van der Waals surface area contributed by atoms with Crippen LogP contribution in [0.4, 0.5) is 0 Å². The van der Waals surface area contributed by atoms with Gasteiger partial charge in [-0.25, -0.2) is 0 Å². The molecule has 3 nitrogen and oxygen atoms in total. The van der Waals surface area contributed by atoms with E-state index in [-0.39, 0.29) is 11.3 Å². The van der Waals surface area contributed by atoms with Gasteiger partial charge in [0.25, 0.3) is 0 Å². The Kier molecular flexibility index (Phi) is 5.34. The van der Waals surface area contributed by atoms with Crippen LogP contribution in [0.5, 0.6) is 0 Å². The van der Waals surface area contributed by atoms with E-state index < -0.39 is 5.60 Å². The zero-order valence-corrected chi connectivity index (χ0v) is 18.9. The molecular weight excluding hydrogens is 404 g/mol. The van der Waals surface area contributed by atoms with Crippen molar-refractivity contribution in [2.45, 2.75) is 77.2 Å². The fourth-order valence-corrected chi connectivity index (χ4v) is 8.74. The summed E-state index contributed by atoms with van der Waals surface area (Å²) >= 11 is 3.43. The van der Waals surface area contributed by atoms with Crippen LogP contribution in [-0.2, 0) is 9.53 Å². The summed E-state index contributed by atoms with van der Waals surface area (Å²) in [6, 6.07) is 0. The van der Waals surface area contributed by atoms with E-state index >= 15 is 0 Å². The molecule has 4 heteroatoms. The average Bonchev–Trinajstić information content (AvgIpc) is 2.99. The number of carbonyl (C=O) groups is 1. The Morgan fingerprint density at radius 2 is 1.78 bits per heavy atom. The smallest absolute Gasteiger partial charge is 0.147 e. The van der Waals surface area contributed by atoms with Gasteiger partial charge in [-0.05, 0) is 92.3 Å². The Morgan fingerprint density at radius 1 is 1.04 bits per heavy atom. The monoisotopic (exact) mass is 440 g/mol. The van der Waals surface area contributed by atoms with Crippen molar-refractivity contribution < 1.29 is 14.6 Å². The number of aliphatic hydroxyl groups is 1. The van der Waals surface area contributed by atoms with E-state index in [1.165, 1.54) is 32.1 Å². The highest BCUT2D eigenvalue weighted by molar-refractivity contribution is 9.09. The summed E-state index contributed by atoms with van der Waals surface area (Å²) in [6.45, 7) is 5.43. The topological polar surface area (TPSA) is 46.5 Å². The van der Waals surface area contributed by atoms with Crippen molar-refractivity contribution in [3.05, 3.63) is 0 Å². The first-order chi connectivity index (χ1) is 12.8. The number of ketones is 1. The molecule has 0 aliphatic heterocycles. The molecule has 0 spiro atoms. The summed E-state index contributed by atoms with van der Waals surface area (Å²) in [5.74, 6) is 3.61. The Bertz CT molecular complexity index is 594. The first-order valence-corrected chi connectivity index (χ1v) is 12.2. The summed E-state index contributed by atoms with van der Waals surface area (Å²) < 4.78 is 5.33. The quantitative estimate of drug-likeness (QED) is 0.626. The lowest BCUT2D eigenvalue weighted by molar-refractivity contribution is -0.163. The molecule has 27 heavy (non-hydrogen) atoms. The largest absolute Gasteiger partial charge is 0.387 e. The third kappa shape index (κ3) is 3.08. The van der Waals surface area contributed by atoms with Crippen LogP contribution in [0.1, 0.15) is 71.6 Å². The molecule has 0 radical (unpaired) electrons. The van der Waals surface area contributed by atoms with Crippen molar-refractivity contribution in [3.63, 3.8) is 0 Å². The van der Waals surface area contributed by atoms with Gasteiger partial charge < -0.3 is 9.84 Å². The normalized spacial score (nSPS) is 52.0. The maximum atomic E-state index is 12.6. The molecule has 2 unspecified atom stereocenters. The number of ether oxygens (including phenoxy) is 1. The molecule has 0 bridgehead atoms. The van der Waals surface area contributed by atoms with Gasteiger partial charge in [0.1, 0.15) is 5.78 Å². The van der Waals surface area contributed by atoms with Crippen LogP contribution in [0.2, 0.25) is 0 Å². The lowest BCUT2D eigenvalue weighted by atomic mass is 9.44. The van der Waals surface area contributed by atoms with E-state index in [9.17, 15) is 9.90 Å². The highest BCUT2D eigenvalue weighted by Crippen LogP contribution is 2.68. The molecule has 0 aromatic rings. The number of methoxy groups -OCH3 is 1. The van der Waals surface area contributed by atoms with E-state index in [2.05, 4.69) is 29.8 Å². The minimum Gasteiger partial charge on any atom is -0.387 e. The molecule has 4 fully saturated rings. The van der Waals surface area contributed by atoms with E-state index in [4.69, 9.17) is 4.74 Å². The molecule has 4 aliphatic carbocycles. The predicted molar refractivity (Wildman–Crippen MR) is 111 cm³/mol. The van der Waals surface area contributed by atoms with Gasteiger partial charge in [0.05, 0.1) is 17.5 Å². The van der Waals surface area contributed by atoms with E-state index in [1.54, 1.807) is 7.11 Å². The molecule has 0 heterocycles. The fraction of sp³-hybridized carbons (Fsp3) is 0.957. The SMILES string of the molecule is COCC1(O)CC[C@@]2(C)C(CC[C@H]3[C@@H]4CC[C@H](C(=O)CBr)[C@@]4(C)CC[C@@H]32)C1. The van der Waals surface area contributed by atoms with Gasteiger partial charge in [-0.2, -0.15) is 0 Å². The predicted octanol–water partition coefficient (Wildman–Crippen LogP) is 4.99. The molecule has 4 saturated carbocycles. The van der Waals surface area contributed by atoms with E-state index in [0.29, 0.717) is 29.1 Å². The van der Waals surface area contributed by atoms with Crippen LogP contribution in [0.25, 0.3) is 0 Å². The molecular formula is C23H37BrO3. The number of fused-ring (bicyclic) bond motifs is 5. The maximum Gasteiger partial charge on any atom is 0.147 e. The van der Waals surface area contributed by atoms with Crippen molar-refractivity contribution in [2.24, 2.45) is 40.4 Å². The van der Waals surface area contributed by atoms with Gasteiger partial charge in [0, 0.05) is 13.0 Å². The summed E-state index contributed by atoms with van der Waals surface area (Å²) in [6.07, 6.45) is 10.3. The zero-order valence-electron chi connectivity index (χ0n) is 17.3. The summed E-state index contributed by atoms with van der Waals surface area (Å²) in [5.41, 5.74) is -0.0297. The third-order valence-electron chi connectivity index (χ3n) is 9.75. The average molecular weight is 441 g/mol. The molecule has 0 amide bonds. The number of carbonyl (C=O) groups excluding carboxylic acids is 1. The number of alkyl halides is 1. The third-order valence-corrected chi connectivity index (χ3v) is 10.3. The number of Topliss-reactive ketones (excluding diaryl/α,β-unsaturated/α-hetero) is 1. The minimum atomic E-state index is -0.615. The molecule has 0 aromatic heterocycles. The van der Waals surface area contributed by atoms with Crippen LogP contribution < -0.4 is 0 Å². The highest BCUT2D eigenvalue weighted by Gasteiger charge is 2.61. The van der Waals surface area contributed by atoms with Crippen molar-refractivity contribution >= 4 is 21.7 Å². The van der Waals surface area contributed by atoms with Crippen molar-refractivity contribution in [2.75, 3.05) is 19.0 Å². The lowest BCUT2D eigenvalue weighted by Crippen LogP contribution is -2.56. The Hall–Kier alpha value is 0.0700. The second-order valence-corrected chi connectivity index (χ2v) is 11.4. The molecule has 1 N–H and O–H groups in total. The highest BCUT2D eigenvalue weighted by atomic mass is 79.9. The van der Waals surface area contributed by atoms with Gasteiger partial charge in [-0.1, -0.05) is 29.8 Å². The van der Waals surface area contributed by atoms with Crippen LogP contribution >= 0.6 is 15.9 Å². The van der Waals surface area contributed by atoms with Crippen molar-refractivity contribution in [1.29, 1.82) is 0 Å². The van der Waals surface area contributed by atoms with E-state index in [1.807, 2.05) is 0 Å². The molecule has 154 valence electrons. The van der Waals surface area contributed by atoms with Crippen LogP contribution in [0.3, 0.4) is 0 Å². The summed E-state index contributed by atoms with van der Waals surface area (Å²) in [4.78, 5) is 12.6. The molecule has 0 saturated heterocycles. The summed E-state index contributed by atoms with van der Waals surface area (Å²) in [7, 11) is 1.70. The Balaban J connectivity index is 1.55. The van der Waals surface area contributed by atoms with Gasteiger partial charge >= 0.3 is 0 Å². The van der Waals surface area contributed by atoms with Gasteiger partial charge in [-0.15, -0.1) is 0 Å². The first kappa shape index (κ1) is 20.3. The molecule has 8 atom stereocenters. The van der Waals surface area contributed by atoms with Gasteiger partial charge in [0.2, 0.25) is 0 Å². The first-order valence-electron chi connectivity index (χ1n) is 11.1. The Morgan fingerprint density at radius 3 is 2.48 bits per heavy atom. The standard InChI is InChI=1S/C23H37BrO3/c1-21-10-11-23(26,14-27-3)12-15(21)4-5-16-17-6-7-19(20(25)13-24)22(17,2)9-8-18(16)21/h15-19,26H,4-14H2,1-3H3/t15?,16-,17-,18-,19+,21-,22-,23?/m0/s1. The van der Waals surface area contributed by atoms with Crippen molar-refractivity contribution in [1.82, 2.24) is 0 Å². The maximum absolute atomic E-state index is 12.6.